The maximum atomic E-state index is 11.3. The van der Waals surface area contributed by atoms with E-state index in [1.54, 1.807) is 6.92 Å². The molecule has 3 N–H and O–H groups in total. The molecule has 6 nitrogen and oxygen atoms in total. The number of hydrogen-bond donors (Lipinski definition) is 2. The fourth-order valence-electron chi connectivity index (χ4n) is 3.03. The molecule has 8 heteroatoms. The van der Waals surface area contributed by atoms with Gasteiger partial charge in [-0.2, -0.15) is 0 Å². The Morgan fingerprint density at radius 3 is 2.59 bits per heavy atom. The average Bonchev–Trinajstić information content (AvgIpc) is 3.03. The number of fused-ring (bicyclic) bond motifs is 1. The topological polar surface area (TPSA) is 82.2 Å². The van der Waals surface area contributed by atoms with Crippen molar-refractivity contribution < 1.29 is 9.53 Å². The summed E-state index contributed by atoms with van der Waals surface area (Å²) in [6.45, 7) is 6.11. The van der Waals surface area contributed by atoms with Crippen molar-refractivity contribution >= 4 is 40.9 Å². The summed E-state index contributed by atoms with van der Waals surface area (Å²) in [7, 11) is 0. The highest BCUT2D eigenvalue weighted by Gasteiger charge is 2.14. The van der Waals surface area contributed by atoms with E-state index in [1.165, 1.54) is 0 Å². The SMILES string of the molecule is CCOCCn1c(CN[C@@H](C)C(N)=O)nc2cc(-c3ccc(Cl)cc3)ccc21.Cl. The summed E-state index contributed by atoms with van der Waals surface area (Å²) >= 11 is 5.99. The molecule has 0 aliphatic carbocycles. The molecular formula is C21H26Cl2N4O2. The van der Waals surface area contributed by atoms with Gasteiger partial charge in [-0.05, 0) is 49.2 Å². The first-order chi connectivity index (χ1) is 13.5. The van der Waals surface area contributed by atoms with E-state index in [0.29, 0.717) is 31.3 Å². The number of primary amides is 1. The molecule has 2 aromatic carbocycles. The van der Waals surface area contributed by atoms with Crippen LogP contribution in [-0.4, -0.2) is 34.7 Å². The second-order valence-electron chi connectivity index (χ2n) is 6.59. The Bertz CT molecular complexity index is 957. The van der Waals surface area contributed by atoms with Crippen LogP contribution in [0, 0.1) is 0 Å². The van der Waals surface area contributed by atoms with Crippen LogP contribution in [-0.2, 0) is 22.6 Å². The second kappa shape index (κ2) is 10.6. The highest BCUT2D eigenvalue weighted by atomic mass is 35.5. The average molecular weight is 437 g/mol. The molecule has 1 amide bonds. The molecule has 0 saturated heterocycles. The summed E-state index contributed by atoms with van der Waals surface area (Å²) in [5, 5.41) is 3.84. The van der Waals surface area contributed by atoms with Crippen molar-refractivity contribution in [2.24, 2.45) is 5.73 Å². The number of hydrogen-bond acceptors (Lipinski definition) is 4. The molecule has 0 saturated carbocycles. The number of halogens is 2. The zero-order chi connectivity index (χ0) is 20.1. The van der Waals surface area contributed by atoms with Gasteiger partial charge < -0.3 is 15.0 Å². The van der Waals surface area contributed by atoms with Crippen molar-refractivity contribution in [3.63, 3.8) is 0 Å². The standard InChI is InChI=1S/C21H25ClN4O2.ClH/c1-3-28-11-10-26-19-9-6-16(15-4-7-17(22)8-5-15)12-18(19)25-20(26)13-24-14(2)21(23)27;/h4-9,12,14,24H,3,10-11,13H2,1-2H3,(H2,23,27);1H/t14-;/m0./s1. The van der Waals surface area contributed by atoms with E-state index in [0.717, 1.165) is 28.0 Å². The summed E-state index contributed by atoms with van der Waals surface area (Å²) < 4.78 is 7.65. The molecule has 0 unspecified atom stereocenters. The highest BCUT2D eigenvalue weighted by Crippen LogP contribution is 2.26. The van der Waals surface area contributed by atoms with Gasteiger partial charge in [0.2, 0.25) is 5.91 Å². The Hall–Kier alpha value is -2.12. The van der Waals surface area contributed by atoms with Gasteiger partial charge in [-0.15, -0.1) is 12.4 Å². The Balaban J connectivity index is 0.00000300. The van der Waals surface area contributed by atoms with Gasteiger partial charge in [-0.3, -0.25) is 10.1 Å². The van der Waals surface area contributed by atoms with Gasteiger partial charge in [0.05, 0.1) is 30.2 Å². The quantitative estimate of drug-likeness (QED) is 0.500. The summed E-state index contributed by atoms with van der Waals surface area (Å²) in [5.41, 5.74) is 9.43. The van der Waals surface area contributed by atoms with E-state index >= 15 is 0 Å². The largest absolute Gasteiger partial charge is 0.380 e. The first-order valence-corrected chi connectivity index (χ1v) is 9.73. The lowest BCUT2D eigenvalue weighted by Gasteiger charge is -2.12. The predicted molar refractivity (Wildman–Crippen MR) is 119 cm³/mol. The minimum Gasteiger partial charge on any atom is -0.380 e. The number of nitrogens with one attached hydrogen (secondary N) is 1. The number of carbonyl (C=O) groups is 1. The van der Waals surface area contributed by atoms with Crippen LogP contribution in [0.15, 0.2) is 42.5 Å². The lowest BCUT2D eigenvalue weighted by Crippen LogP contribution is -2.38. The molecule has 0 aliphatic rings. The molecule has 0 spiro atoms. The van der Waals surface area contributed by atoms with E-state index in [-0.39, 0.29) is 18.3 Å². The molecule has 0 radical (unpaired) electrons. The van der Waals surface area contributed by atoms with Gasteiger partial charge in [0.1, 0.15) is 5.82 Å². The van der Waals surface area contributed by atoms with Crippen molar-refractivity contribution in [2.45, 2.75) is 33.0 Å². The predicted octanol–water partition coefficient (Wildman–Crippen LogP) is 3.78. The summed E-state index contributed by atoms with van der Waals surface area (Å²) in [5.74, 6) is 0.457. The smallest absolute Gasteiger partial charge is 0.234 e. The van der Waals surface area contributed by atoms with E-state index in [9.17, 15) is 4.79 Å². The Morgan fingerprint density at radius 2 is 1.93 bits per heavy atom. The van der Waals surface area contributed by atoms with E-state index in [4.69, 9.17) is 27.1 Å². The van der Waals surface area contributed by atoms with E-state index in [1.807, 2.05) is 31.2 Å². The molecule has 1 aromatic heterocycles. The number of carbonyl (C=O) groups excluding carboxylic acids is 1. The summed E-state index contributed by atoms with van der Waals surface area (Å²) in [4.78, 5) is 16.1. The third-order valence-corrected chi connectivity index (χ3v) is 4.91. The number of imidazole rings is 1. The maximum Gasteiger partial charge on any atom is 0.234 e. The molecule has 156 valence electrons. The Morgan fingerprint density at radius 1 is 1.24 bits per heavy atom. The van der Waals surface area contributed by atoms with Crippen molar-refractivity contribution in [1.29, 1.82) is 0 Å². The zero-order valence-corrected chi connectivity index (χ0v) is 18.1. The van der Waals surface area contributed by atoms with Crippen molar-refractivity contribution in [3.05, 3.63) is 53.3 Å². The van der Waals surface area contributed by atoms with Gasteiger partial charge in [-0.1, -0.05) is 29.8 Å². The highest BCUT2D eigenvalue weighted by molar-refractivity contribution is 6.30. The molecule has 0 bridgehead atoms. The lowest BCUT2D eigenvalue weighted by molar-refractivity contribution is -0.119. The van der Waals surface area contributed by atoms with Crippen molar-refractivity contribution in [1.82, 2.24) is 14.9 Å². The van der Waals surface area contributed by atoms with E-state index in [2.05, 4.69) is 28.1 Å². The van der Waals surface area contributed by atoms with Crippen LogP contribution in [0.3, 0.4) is 0 Å². The number of aromatic nitrogens is 2. The van der Waals surface area contributed by atoms with Crippen molar-refractivity contribution in [3.8, 4) is 11.1 Å². The van der Waals surface area contributed by atoms with Crippen LogP contribution in [0.4, 0.5) is 0 Å². The lowest BCUT2D eigenvalue weighted by atomic mass is 10.1. The van der Waals surface area contributed by atoms with Crippen LogP contribution in [0.5, 0.6) is 0 Å². The molecule has 1 heterocycles. The molecule has 29 heavy (non-hydrogen) atoms. The summed E-state index contributed by atoms with van der Waals surface area (Å²) in [6.07, 6.45) is 0. The second-order valence-corrected chi connectivity index (χ2v) is 7.03. The molecule has 1 atom stereocenters. The normalized spacial score (nSPS) is 12.0. The maximum absolute atomic E-state index is 11.3. The first-order valence-electron chi connectivity index (χ1n) is 9.35. The Kier molecular flexibility index (Phi) is 8.46. The zero-order valence-electron chi connectivity index (χ0n) is 16.5. The Labute approximate surface area is 181 Å². The van der Waals surface area contributed by atoms with Crippen LogP contribution in [0.2, 0.25) is 5.02 Å². The van der Waals surface area contributed by atoms with Crippen LogP contribution < -0.4 is 11.1 Å². The van der Waals surface area contributed by atoms with Crippen LogP contribution in [0.25, 0.3) is 22.2 Å². The number of nitrogens with zero attached hydrogens (tertiary/aromatic N) is 2. The first kappa shape index (κ1) is 23.2. The number of benzene rings is 2. The number of rotatable bonds is 9. The number of amides is 1. The molecule has 3 rings (SSSR count). The molecule has 3 aromatic rings. The minimum absolute atomic E-state index is 0. The van der Waals surface area contributed by atoms with Gasteiger partial charge in [0.25, 0.3) is 0 Å². The number of nitrogens with two attached hydrogens (primary N) is 1. The van der Waals surface area contributed by atoms with Gasteiger partial charge in [0, 0.05) is 18.2 Å². The van der Waals surface area contributed by atoms with Gasteiger partial charge in [-0.25, -0.2) is 4.98 Å². The third-order valence-electron chi connectivity index (χ3n) is 4.66. The monoisotopic (exact) mass is 436 g/mol. The molecule has 0 fully saturated rings. The fraction of sp³-hybridized carbons (Fsp3) is 0.333. The molecular weight excluding hydrogens is 411 g/mol. The van der Waals surface area contributed by atoms with Gasteiger partial charge >= 0.3 is 0 Å². The third kappa shape index (κ3) is 5.70. The van der Waals surface area contributed by atoms with Crippen LogP contribution in [0.1, 0.15) is 19.7 Å². The number of ether oxygens (including phenoxy) is 1. The van der Waals surface area contributed by atoms with Crippen molar-refractivity contribution in [2.75, 3.05) is 13.2 Å². The van der Waals surface area contributed by atoms with Gasteiger partial charge in [0.15, 0.2) is 0 Å². The van der Waals surface area contributed by atoms with Crippen LogP contribution >= 0.6 is 24.0 Å². The minimum atomic E-state index is -0.426. The fourth-order valence-corrected chi connectivity index (χ4v) is 3.16. The summed E-state index contributed by atoms with van der Waals surface area (Å²) in [6, 6.07) is 13.5. The molecule has 0 aliphatic heterocycles. The van der Waals surface area contributed by atoms with E-state index < -0.39 is 6.04 Å².